The largest absolute Gasteiger partial charge is 0.375 e. The number of Topliss-reactive ketones (excluding diaryl/α,β-unsaturated/α-hetero) is 1. The van der Waals surface area contributed by atoms with Crippen LogP contribution in [0.15, 0.2) is 23.1 Å². The van der Waals surface area contributed by atoms with Crippen LogP contribution in [-0.2, 0) is 21.2 Å². The smallest absolute Gasteiger partial charge is 0.243 e. The van der Waals surface area contributed by atoms with Gasteiger partial charge < -0.3 is 9.64 Å². The Morgan fingerprint density at radius 1 is 1.20 bits per heavy atom. The molecule has 0 spiro atoms. The van der Waals surface area contributed by atoms with E-state index in [0.29, 0.717) is 31.7 Å². The summed E-state index contributed by atoms with van der Waals surface area (Å²) in [4.78, 5) is 14.6. The van der Waals surface area contributed by atoms with Gasteiger partial charge in [0.05, 0.1) is 23.6 Å². The average Bonchev–Trinajstić information content (AvgIpc) is 2.61. The molecule has 2 atom stereocenters. The monoisotopic (exact) mass is 364 g/mol. The van der Waals surface area contributed by atoms with Crippen LogP contribution in [0.2, 0.25) is 0 Å². The molecule has 6 nitrogen and oxygen atoms in total. The molecule has 0 N–H and O–H groups in total. The second-order valence-corrected chi connectivity index (χ2v) is 9.13. The maximum atomic E-state index is 13.3. The van der Waals surface area contributed by atoms with Crippen LogP contribution >= 0.6 is 0 Å². The molecule has 2 aliphatic heterocycles. The Bertz CT molecular complexity index is 792. The number of carbonyl (C=O) groups excluding carboxylic acids is 1. The number of likely N-dealkylation sites (tertiary alicyclic amines) is 1. The van der Waals surface area contributed by atoms with E-state index < -0.39 is 10.0 Å². The van der Waals surface area contributed by atoms with Gasteiger partial charge in [0, 0.05) is 31.6 Å². The zero-order valence-corrected chi connectivity index (χ0v) is 15.3. The fourth-order valence-electron chi connectivity index (χ4n) is 4.20. The molecule has 2 saturated heterocycles. The van der Waals surface area contributed by atoms with E-state index in [9.17, 15) is 13.2 Å². The third-order valence-corrected chi connectivity index (χ3v) is 7.50. The lowest BCUT2D eigenvalue weighted by Gasteiger charge is -2.45. The number of sulfonamides is 1. The van der Waals surface area contributed by atoms with Gasteiger partial charge in [0.15, 0.2) is 5.78 Å². The number of hydrogen-bond donors (Lipinski definition) is 0. The Hall–Kier alpha value is -1.28. The summed E-state index contributed by atoms with van der Waals surface area (Å²) >= 11 is 0. The minimum absolute atomic E-state index is 0.0426. The lowest BCUT2D eigenvalue weighted by molar-refractivity contribution is -0.0719. The van der Waals surface area contributed by atoms with Gasteiger partial charge in [-0.15, -0.1) is 0 Å². The number of ketones is 1. The molecule has 136 valence electrons. The number of piperidine rings is 1. The molecule has 0 amide bonds. The van der Waals surface area contributed by atoms with Gasteiger partial charge in [-0.05, 0) is 44.0 Å². The number of aryl methyl sites for hydroxylation is 1. The molecule has 1 aliphatic carbocycles. The molecule has 0 saturated carbocycles. The summed E-state index contributed by atoms with van der Waals surface area (Å²) in [5.41, 5.74) is 1.55. The summed E-state index contributed by atoms with van der Waals surface area (Å²) in [6.07, 6.45) is 2.99. The topological polar surface area (TPSA) is 66.9 Å². The fourth-order valence-corrected chi connectivity index (χ4v) is 5.85. The van der Waals surface area contributed by atoms with Crippen molar-refractivity contribution in [2.24, 2.45) is 0 Å². The summed E-state index contributed by atoms with van der Waals surface area (Å²) in [6.45, 7) is 2.38. The Kier molecular flexibility index (Phi) is 4.43. The van der Waals surface area contributed by atoms with Crippen molar-refractivity contribution < 1.29 is 17.9 Å². The molecule has 2 fully saturated rings. The van der Waals surface area contributed by atoms with Crippen molar-refractivity contribution in [3.8, 4) is 0 Å². The van der Waals surface area contributed by atoms with Crippen LogP contribution in [0.5, 0.6) is 0 Å². The van der Waals surface area contributed by atoms with Crippen molar-refractivity contribution in [3.05, 3.63) is 29.3 Å². The first-order valence-electron chi connectivity index (χ1n) is 8.95. The van der Waals surface area contributed by atoms with Crippen LogP contribution in [0.1, 0.15) is 35.2 Å². The van der Waals surface area contributed by atoms with E-state index in [1.807, 2.05) is 13.1 Å². The Labute approximate surface area is 148 Å². The van der Waals surface area contributed by atoms with Crippen molar-refractivity contribution in [1.29, 1.82) is 0 Å². The normalized spacial score (nSPS) is 28.4. The van der Waals surface area contributed by atoms with E-state index >= 15 is 0 Å². The number of benzene rings is 1. The molecule has 0 aromatic heterocycles. The summed E-state index contributed by atoms with van der Waals surface area (Å²) in [5, 5.41) is 0. The van der Waals surface area contributed by atoms with Gasteiger partial charge >= 0.3 is 0 Å². The Balaban J connectivity index is 1.69. The predicted octanol–water partition coefficient (Wildman–Crippen LogP) is 1.30. The van der Waals surface area contributed by atoms with Gasteiger partial charge in [0.1, 0.15) is 0 Å². The van der Waals surface area contributed by atoms with Crippen LogP contribution in [0.25, 0.3) is 0 Å². The Morgan fingerprint density at radius 2 is 2.04 bits per heavy atom. The van der Waals surface area contributed by atoms with Gasteiger partial charge in [0.25, 0.3) is 0 Å². The van der Waals surface area contributed by atoms with Gasteiger partial charge in [0.2, 0.25) is 10.0 Å². The highest BCUT2D eigenvalue weighted by Crippen LogP contribution is 2.30. The van der Waals surface area contributed by atoms with Gasteiger partial charge in [-0.3, -0.25) is 4.79 Å². The predicted molar refractivity (Wildman–Crippen MR) is 93.2 cm³/mol. The molecule has 4 rings (SSSR count). The highest BCUT2D eigenvalue weighted by molar-refractivity contribution is 7.89. The van der Waals surface area contributed by atoms with Crippen LogP contribution in [0, 0.1) is 0 Å². The number of ether oxygens (including phenoxy) is 1. The number of fused-ring (bicyclic) bond motifs is 2. The van der Waals surface area contributed by atoms with E-state index in [0.717, 1.165) is 31.4 Å². The molecular formula is C18H24N2O4S. The summed E-state index contributed by atoms with van der Waals surface area (Å²) < 4.78 is 34.0. The standard InChI is InChI=1S/C18H24N2O4S/c1-19-8-7-18-16(12-19)20(9-10-24-18)25(22,23)14-6-5-13-3-2-4-17(21)15(13)11-14/h5-6,11,16,18H,2-4,7-10,12H2,1H3. The number of carbonyl (C=O) groups is 1. The maximum absolute atomic E-state index is 13.3. The van der Waals surface area contributed by atoms with E-state index in [-0.39, 0.29) is 22.8 Å². The third kappa shape index (κ3) is 3.03. The quantitative estimate of drug-likeness (QED) is 0.791. The number of rotatable bonds is 2. The first-order valence-corrected chi connectivity index (χ1v) is 10.4. The van der Waals surface area contributed by atoms with Crippen molar-refractivity contribution in [1.82, 2.24) is 9.21 Å². The minimum Gasteiger partial charge on any atom is -0.375 e. The van der Waals surface area contributed by atoms with E-state index in [2.05, 4.69) is 4.90 Å². The SMILES string of the molecule is CN1CCC2OCCN(S(=O)(=O)c3ccc4c(c3)C(=O)CCC4)C2C1. The highest BCUT2D eigenvalue weighted by Gasteiger charge is 2.42. The average molecular weight is 364 g/mol. The van der Waals surface area contributed by atoms with E-state index in [1.54, 1.807) is 16.4 Å². The van der Waals surface area contributed by atoms with E-state index in [1.165, 1.54) is 0 Å². The lowest BCUT2D eigenvalue weighted by atomic mass is 9.91. The Morgan fingerprint density at radius 3 is 2.88 bits per heavy atom. The zero-order chi connectivity index (χ0) is 17.6. The van der Waals surface area contributed by atoms with Crippen LogP contribution < -0.4 is 0 Å². The highest BCUT2D eigenvalue weighted by atomic mass is 32.2. The molecular weight excluding hydrogens is 340 g/mol. The zero-order valence-electron chi connectivity index (χ0n) is 14.5. The number of hydrogen-bond acceptors (Lipinski definition) is 5. The number of likely N-dealkylation sites (N-methyl/N-ethyl adjacent to an activating group) is 1. The summed E-state index contributed by atoms with van der Waals surface area (Å²) in [5.74, 6) is 0.0514. The van der Waals surface area contributed by atoms with Crippen LogP contribution in [-0.4, -0.2) is 68.8 Å². The first-order chi connectivity index (χ1) is 12.0. The van der Waals surface area contributed by atoms with Gasteiger partial charge in [-0.2, -0.15) is 4.31 Å². The molecule has 25 heavy (non-hydrogen) atoms. The molecule has 3 aliphatic rings. The minimum atomic E-state index is -3.64. The molecule has 7 heteroatoms. The van der Waals surface area contributed by atoms with E-state index in [4.69, 9.17) is 4.74 Å². The molecule has 0 bridgehead atoms. The molecule has 2 heterocycles. The second kappa shape index (κ2) is 6.46. The molecule has 1 aromatic rings. The fraction of sp³-hybridized carbons (Fsp3) is 0.611. The molecule has 0 radical (unpaired) electrons. The van der Waals surface area contributed by atoms with Crippen LogP contribution in [0.3, 0.4) is 0 Å². The van der Waals surface area contributed by atoms with Gasteiger partial charge in [-0.25, -0.2) is 8.42 Å². The molecule has 2 unspecified atom stereocenters. The maximum Gasteiger partial charge on any atom is 0.243 e. The second-order valence-electron chi connectivity index (χ2n) is 7.24. The summed E-state index contributed by atoms with van der Waals surface area (Å²) in [6, 6.07) is 4.89. The van der Waals surface area contributed by atoms with Crippen molar-refractivity contribution >= 4 is 15.8 Å². The summed E-state index contributed by atoms with van der Waals surface area (Å²) in [7, 11) is -1.63. The van der Waals surface area contributed by atoms with Crippen molar-refractivity contribution in [2.45, 2.75) is 42.7 Å². The number of morpholine rings is 1. The van der Waals surface area contributed by atoms with Crippen molar-refractivity contribution in [2.75, 3.05) is 33.3 Å². The van der Waals surface area contributed by atoms with Crippen LogP contribution in [0.4, 0.5) is 0 Å². The number of nitrogens with zero attached hydrogens (tertiary/aromatic N) is 2. The van der Waals surface area contributed by atoms with Crippen molar-refractivity contribution in [3.63, 3.8) is 0 Å². The first kappa shape index (κ1) is 17.1. The lowest BCUT2D eigenvalue weighted by Crippen LogP contribution is -2.60. The van der Waals surface area contributed by atoms with Gasteiger partial charge in [-0.1, -0.05) is 6.07 Å². The molecule has 1 aromatic carbocycles. The third-order valence-electron chi connectivity index (χ3n) is 5.58.